The molecule has 0 N–H and O–H groups in total. The molecule has 0 spiro atoms. The van der Waals surface area contributed by atoms with Crippen molar-refractivity contribution in [2.45, 2.75) is 0 Å². The predicted octanol–water partition coefficient (Wildman–Crippen LogP) is 6.08. The second kappa shape index (κ2) is 7.81. The third-order valence-corrected chi connectivity index (χ3v) is 6.56. The minimum absolute atomic E-state index is 0.733. The number of fused-ring (bicyclic) bond motifs is 6. The summed E-state index contributed by atoms with van der Waals surface area (Å²) in [5, 5.41) is 1.03. The number of hydrogen-bond acceptors (Lipinski definition) is 5. The van der Waals surface area contributed by atoms with Crippen LogP contribution in [0.15, 0.2) is 91.1 Å². The van der Waals surface area contributed by atoms with Crippen molar-refractivity contribution in [3.05, 3.63) is 91.1 Å². The average Bonchev–Trinajstić information content (AvgIpc) is 3.44. The Labute approximate surface area is 206 Å². The van der Waals surface area contributed by atoms with Gasteiger partial charge in [-0.3, -0.25) is 14.1 Å². The van der Waals surface area contributed by atoms with Gasteiger partial charge in [0.2, 0.25) is 0 Å². The SMILES string of the molecule is COc1cccc(-n2c3ccccc3c3nc4c5ncccc5n(-c5cccc(OC)c5)c4nc32)c1. The Morgan fingerprint density at radius 2 is 1.22 bits per heavy atom. The van der Waals surface area contributed by atoms with Crippen LogP contribution in [0.1, 0.15) is 0 Å². The Hall–Kier alpha value is -4.91. The molecule has 7 rings (SSSR count). The number of nitrogens with zero attached hydrogens (tertiary/aromatic N) is 5. The van der Waals surface area contributed by atoms with Gasteiger partial charge in [0.05, 0.1) is 36.6 Å². The van der Waals surface area contributed by atoms with E-state index in [0.717, 1.165) is 67.1 Å². The fourth-order valence-corrected chi connectivity index (χ4v) is 4.95. The molecular formula is C29H21N5O2. The maximum atomic E-state index is 5.51. The van der Waals surface area contributed by atoms with Gasteiger partial charge in [-0.25, -0.2) is 9.97 Å². The Kier molecular flexibility index (Phi) is 4.44. The molecular weight excluding hydrogens is 450 g/mol. The summed E-state index contributed by atoms with van der Waals surface area (Å²) in [6.45, 7) is 0. The fourth-order valence-electron chi connectivity index (χ4n) is 4.95. The quantitative estimate of drug-likeness (QED) is 0.311. The van der Waals surface area contributed by atoms with Crippen LogP contribution in [0.3, 0.4) is 0 Å². The average molecular weight is 472 g/mol. The molecule has 7 heteroatoms. The van der Waals surface area contributed by atoms with Crippen molar-refractivity contribution in [3.63, 3.8) is 0 Å². The zero-order valence-electron chi connectivity index (χ0n) is 19.7. The van der Waals surface area contributed by atoms with Gasteiger partial charge < -0.3 is 9.47 Å². The lowest BCUT2D eigenvalue weighted by molar-refractivity contribution is 0.414. The van der Waals surface area contributed by atoms with Crippen LogP contribution in [0.25, 0.3) is 55.6 Å². The number of methoxy groups -OCH3 is 2. The maximum Gasteiger partial charge on any atom is 0.168 e. The van der Waals surface area contributed by atoms with Crippen LogP contribution in [-0.2, 0) is 0 Å². The predicted molar refractivity (Wildman–Crippen MR) is 142 cm³/mol. The van der Waals surface area contributed by atoms with Gasteiger partial charge in [0.25, 0.3) is 0 Å². The largest absolute Gasteiger partial charge is 0.497 e. The summed E-state index contributed by atoms with van der Waals surface area (Å²) in [4.78, 5) is 15.1. The molecule has 174 valence electrons. The summed E-state index contributed by atoms with van der Waals surface area (Å²) in [7, 11) is 3.34. The zero-order chi connectivity index (χ0) is 24.2. The molecule has 0 amide bonds. The molecule has 36 heavy (non-hydrogen) atoms. The van der Waals surface area contributed by atoms with Crippen molar-refractivity contribution in [1.82, 2.24) is 24.1 Å². The number of pyridine rings is 1. The normalized spacial score (nSPS) is 11.6. The summed E-state index contributed by atoms with van der Waals surface area (Å²) in [5.41, 5.74) is 7.75. The molecule has 3 aromatic carbocycles. The second-order valence-corrected chi connectivity index (χ2v) is 8.53. The zero-order valence-corrected chi connectivity index (χ0v) is 19.7. The molecule has 7 nitrogen and oxygen atoms in total. The first kappa shape index (κ1) is 20.5. The Bertz CT molecular complexity index is 1800. The topological polar surface area (TPSA) is 67.0 Å². The first-order valence-electron chi connectivity index (χ1n) is 11.6. The van der Waals surface area contributed by atoms with Gasteiger partial charge in [-0.05, 0) is 42.5 Å². The Balaban J connectivity index is 1.65. The molecule has 0 fully saturated rings. The standard InChI is InChI=1S/C29H21N5O2/c1-35-20-10-5-8-18(16-20)33-23-13-4-3-12-22(23)25-28(33)32-29-27(31-25)26-24(14-7-15-30-26)34(29)19-9-6-11-21(17-19)36-2/h3-17H,1-2H3. The van der Waals surface area contributed by atoms with Crippen LogP contribution in [-0.4, -0.2) is 38.3 Å². The van der Waals surface area contributed by atoms with E-state index in [-0.39, 0.29) is 0 Å². The molecule has 0 saturated carbocycles. The fraction of sp³-hybridized carbons (Fsp3) is 0.0690. The highest BCUT2D eigenvalue weighted by molar-refractivity contribution is 6.11. The Morgan fingerprint density at radius 3 is 1.94 bits per heavy atom. The van der Waals surface area contributed by atoms with Gasteiger partial charge in [0, 0.05) is 23.7 Å². The molecule has 4 heterocycles. The monoisotopic (exact) mass is 471 g/mol. The maximum absolute atomic E-state index is 5.51. The van der Waals surface area contributed by atoms with Gasteiger partial charge in [-0.15, -0.1) is 0 Å². The second-order valence-electron chi connectivity index (χ2n) is 8.53. The summed E-state index contributed by atoms with van der Waals surface area (Å²) in [6.07, 6.45) is 1.79. The van der Waals surface area contributed by atoms with Crippen molar-refractivity contribution >= 4 is 44.3 Å². The number of aromatic nitrogens is 5. The molecule has 7 aromatic rings. The molecule has 0 bridgehead atoms. The lowest BCUT2D eigenvalue weighted by Crippen LogP contribution is -2.00. The number of ether oxygens (including phenoxy) is 2. The van der Waals surface area contributed by atoms with Crippen LogP contribution in [0.4, 0.5) is 0 Å². The van der Waals surface area contributed by atoms with E-state index in [1.54, 1.807) is 20.4 Å². The third-order valence-electron chi connectivity index (χ3n) is 6.56. The highest BCUT2D eigenvalue weighted by atomic mass is 16.5. The van der Waals surface area contributed by atoms with E-state index in [2.05, 4.69) is 27.3 Å². The van der Waals surface area contributed by atoms with Gasteiger partial charge in [0.1, 0.15) is 28.0 Å². The minimum atomic E-state index is 0.733. The lowest BCUT2D eigenvalue weighted by atomic mass is 10.2. The summed E-state index contributed by atoms with van der Waals surface area (Å²) in [6, 6.07) is 28.1. The van der Waals surface area contributed by atoms with Crippen LogP contribution in [0.2, 0.25) is 0 Å². The molecule has 0 atom stereocenters. The molecule has 4 aromatic heterocycles. The van der Waals surface area contributed by atoms with E-state index in [9.17, 15) is 0 Å². The number of para-hydroxylation sites is 1. The van der Waals surface area contributed by atoms with E-state index < -0.39 is 0 Å². The molecule has 0 radical (unpaired) electrons. The highest BCUT2D eigenvalue weighted by Gasteiger charge is 2.21. The molecule has 0 aliphatic carbocycles. The minimum Gasteiger partial charge on any atom is -0.497 e. The van der Waals surface area contributed by atoms with Gasteiger partial charge in [0.15, 0.2) is 11.3 Å². The molecule has 0 aliphatic rings. The first-order valence-corrected chi connectivity index (χ1v) is 11.6. The molecule has 0 aliphatic heterocycles. The summed E-state index contributed by atoms with van der Waals surface area (Å²) < 4.78 is 15.3. The molecule has 0 unspecified atom stereocenters. The lowest BCUT2D eigenvalue weighted by Gasteiger charge is -2.10. The smallest absolute Gasteiger partial charge is 0.168 e. The van der Waals surface area contributed by atoms with Crippen LogP contribution in [0.5, 0.6) is 11.5 Å². The van der Waals surface area contributed by atoms with Gasteiger partial charge >= 0.3 is 0 Å². The van der Waals surface area contributed by atoms with Crippen LogP contribution < -0.4 is 9.47 Å². The van der Waals surface area contributed by atoms with Crippen molar-refractivity contribution in [2.24, 2.45) is 0 Å². The van der Waals surface area contributed by atoms with Crippen molar-refractivity contribution in [1.29, 1.82) is 0 Å². The van der Waals surface area contributed by atoms with Crippen molar-refractivity contribution in [2.75, 3.05) is 14.2 Å². The molecule has 0 saturated heterocycles. The van der Waals surface area contributed by atoms with Crippen molar-refractivity contribution < 1.29 is 9.47 Å². The van der Waals surface area contributed by atoms with E-state index in [1.807, 2.05) is 66.7 Å². The number of benzene rings is 3. The van der Waals surface area contributed by atoms with E-state index in [4.69, 9.17) is 24.4 Å². The van der Waals surface area contributed by atoms with E-state index in [1.165, 1.54) is 0 Å². The Morgan fingerprint density at radius 1 is 0.583 bits per heavy atom. The van der Waals surface area contributed by atoms with Gasteiger partial charge in [-0.2, -0.15) is 0 Å². The van der Waals surface area contributed by atoms with Crippen molar-refractivity contribution in [3.8, 4) is 22.9 Å². The highest BCUT2D eigenvalue weighted by Crippen LogP contribution is 2.35. The summed E-state index contributed by atoms with van der Waals surface area (Å²) >= 11 is 0. The van der Waals surface area contributed by atoms with E-state index >= 15 is 0 Å². The number of hydrogen-bond donors (Lipinski definition) is 0. The van der Waals surface area contributed by atoms with E-state index in [0.29, 0.717) is 0 Å². The first-order chi connectivity index (χ1) is 17.8. The summed E-state index contributed by atoms with van der Waals surface area (Å²) in [5.74, 6) is 1.55. The van der Waals surface area contributed by atoms with Crippen LogP contribution >= 0.6 is 0 Å². The van der Waals surface area contributed by atoms with Crippen LogP contribution in [0, 0.1) is 0 Å². The van der Waals surface area contributed by atoms with Gasteiger partial charge in [-0.1, -0.05) is 30.3 Å². The third kappa shape index (κ3) is 2.89. The number of rotatable bonds is 4.